The van der Waals surface area contributed by atoms with Gasteiger partial charge in [-0.1, -0.05) is 23.2 Å². The monoisotopic (exact) mass is 396 g/mol. The van der Waals surface area contributed by atoms with Crippen LogP contribution >= 0.6 is 23.2 Å². The van der Waals surface area contributed by atoms with E-state index in [9.17, 15) is 4.79 Å². The topological polar surface area (TPSA) is 119 Å². The number of alkyl halides is 2. The smallest absolute Gasteiger partial charge is 0.259 e. The van der Waals surface area contributed by atoms with Gasteiger partial charge in [-0.05, 0) is 12.1 Å². The predicted molar refractivity (Wildman–Crippen MR) is 95.0 cm³/mol. The van der Waals surface area contributed by atoms with Gasteiger partial charge in [0, 0.05) is 26.2 Å². The molecule has 0 aromatic carbocycles. The van der Waals surface area contributed by atoms with Gasteiger partial charge in [0.25, 0.3) is 11.7 Å². The number of amides is 1. The molecule has 3 aromatic heterocycles. The molecule has 1 amide bonds. The van der Waals surface area contributed by atoms with Crippen LogP contribution in [0.2, 0.25) is 0 Å². The Balaban J connectivity index is 1.57. The average molecular weight is 397 g/mol. The molecule has 0 atom stereocenters. The molecule has 10 nitrogen and oxygen atoms in total. The van der Waals surface area contributed by atoms with Crippen LogP contribution in [-0.4, -0.2) is 66.4 Å². The molecule has 0 unspecified atom stereocenters. The van der Waals surface area contributed by atoms with Gasteiger partial charge in [-0.2, -0.15) is 19.5 Å². The lowest BCUT2D eigenvalue weighted by Crippen LogP contribution is -2.50. The largest absolute Gasteiger partial charge is 0.461 e. The number of carbonyl (C=O) groups excluding carboxylic acids is 1. The van der Waals surface area contributed by atoms with E-state index in [4.69, 9.17) is 33.4 Å². The minimum atomic E-state index is -1.05. The van der Waals surface area contributed by atoms with Crippen molar-refractivity contribution in [1.29, 1.82) is 0 Å². The maximum atomic E-state index is 11.8. The summed E-state index contributed by atoms with van der Waals surface area (Å²) in [4.78, 5) is 27.4. The summed E-state index contributed by atoms with van der Waals surface area (Å²) < 4.78 is 6.65. The van der Waals surface area contributed by atoms with Crippen LogP contribution in [0, 0.1) is 0 Å². The quantitative estimate of drug-likeness (QED) is 0.645. The maximum Gasteiger partial charge on any atom is 0.259 e. The number of furan rings is 1. The summed E-state index contributed by atoms with van der Waals surface area (Å²) in [5, 5.41) is 4.26. The molecule has 4 rings (SSSR count). The Kier molecular flexibility index (Phi) is 4.29. The molecule has 26 heavy (non-hydrogen) atoms. The second-order valence-electron chi connectivity index (χ2n) is 5.62. The molecule has 136 valence electrons. The fraction of sp³-hybridized carbons (Fsp3) is 0.357. The standard InChI is InChI=1S/C14H14Cl2N8O2/c15-9(16)11(25)22-3-5-23(6-4-22)13-19-12(17)24-14(20-13)18-10(21-24)8-2-1-7-26-8/h1-2,7,9H,3-6H2,(H2,17,18,19,20,21). The van der Waals surface area contributed by atoms with Gasteiger partial charge in [-0.15, -0.1) is 5.10 Å². The van der Waals surface area contributed by atoms with Crippen molar-refractivity contribution in [2.45, 2.75) is 4.84 Å². The van der Waals surface area contributed by atoms with Crippen molar-refractivity contribution in [2.75, 3.05) is 36.8 Å². The number of hydrogen-bond donors (Lipinski definition) is 1. The Labute approximate surface area is 157 Å². The molecule has 2 N–H and O–H groups in total. The molecular formula is C14H14Cl2N8O2. The fourth-order valence-corrected chi connectivity index (χ4v) is 2.99. The van der Waals surface area contributed by atoms with Gasteiger partial charge in [0.05, 0.1) is 6.26 Å². The molecule has 0 saturated carbocycles. The molecule has 4 heterocycles. The summed E-state index contributed by atoms with van der Waals surface area (Å²) in [6.07, 6.45) is 1.54. The van der Waals surface area contributed by atoms with Crippen LogP contribution in [0.5, 0.6) is 0 Å². The van der Waals surface area contributed by atoms with Crippen LogP contribution < -0.4 is 10.6 Å². The van der Waals surface area contributed by atoms with E-state index in [2.05, 4.69) is 20.1 Å². The highest BCUT2D eigenvalue weighted by Crippen LogP contribution is 2.20. The van der Waals surface area contributed by atoms with Gasteiger partial charge in [-0.25, -0.2) is 0 Å². The predicted octanol–water partition coefficient (Wildman–Crippen LogP) is 0.814. The molecule has 0 radical (unpaired) electrons. The summed E-state index contributed by atoms with van der Waals surface area (Å²) in [6.45, 7) is 1.99. The van der Waals surface area contributed by atoms with Crippen LogP contribution in [0.1, 0.15) is 0 Å². The first-order valence-electron chi connectivity index (χ1n) is 7.79. The van der Waals surface area contributed by atoms with E-state index in [1.165, 1.54) is 10.8 Å². The Bertz CT molecular complexity index is 934. The van der Waals surface area contributed by atoms with Crippen LogP contribution in [0.4, 0.5) is 11.9 Å². The third kappa shape index (κ3) is 3.01. The number of fused-ring (bicyclic) bond motifs is 1. The van der Waals surface area contributed by atoms with Crippen LogP contribution in [0.25, 0.3) is 17.4 Å². The first kappa shape index (κ1) is 16.9. The first-order valence-corrected chi connectivity index (χ1v) is 8.66. The number of nitrogen functional groups attached to an aromatic ring is 1. The first-order chi connectivity index (χ1) is 12.5. The number of halogens is 2. The van der Waals surface area contributed by atoms with Gasteiger partial charge in [-0.3, -0.25) is 4.79 Å². The Morgan fingerprint density at radius 1 is 1.19 bits per heavy atom. The van der Waals surface area contributed by atoms with Crippen molar-refractivity contribution in [3.05, 3.63) is 18.4 Å². The maximum absolute atomic E-state index is 11.8. The van der Waals surface area contributed by atoms with Gasteiger partial charge in [0.15, 0.2) is 10.6 Å². The number of aromatic nitrogens is 5. The Hall–Kier alpha value is -2.59. The fourth-order valence-electron chi connectivity index (χ4n) is 2.71. The number of nitrogens with two attached hydrogens (primary N) is 1. The molecule has 0 spiro atoms. The van der Waals surface area contributed by atoms with E-state index < -0.39 is 4.84 Å². The summed E-state index contributed by atoms with van der Waals surface area (Å²) in [5.74, 6) is 1.49. The average Bonchev–Trinajstić information content (AvgIpc) is 3.30. The Morgan fingerprint density at radius 3 is 2.62 bits per heavy atom. The van der Waals surface area contributed by atoms with Crippen molar-refractivity contribution in [3.63, 3.8) is 0 Å². The highest BCUT2D eigenvalue weighted by Gasteiger charge is 2.26. The lowest BCUT2D eigenvalue weighted by atomic mass is 10.3. The van der Waals surface area contributed by atoms with Crippen LogP contribution in [0.15, 0.2) is 22.8 Å². The van der Waals surface area contributed by atoms with Crippen molar-refractivity contribution in [1.82, 2.24) is 29.5 Å². The summed E-state index contributed by atoms with van der Waals surface area (Å²) in [7, 11) is 0. The lowest BCUT2D eigenvalue weighted by Gasteiger charge is -2.34. The lowest BCUT2D eigenvalue weighted by molar-refractivity contribution is -0.129. The summed E-state index contributed by atoms with van der Waals surface area (Å²) in [5.41, 5.74) is 6.00. The third-order valence-corrected chi connectivity index (χ3v) is 4.40. The molecule has 1 saturated heterocycles. The number of hydrogen-bond acceptors (Lipinski definition) is 8. The molecule has 12 heteroatoms. The number of rotatable bonds is 3. The van der Waals surface area contributed by atoms with E-state index in [-0.39, 0.29) is 11.9 Å². The van der Waals surface area contributed by atoms with Gasteiger partial charge in [0.1, 0.15) is 0 Å². The van der Waals surface area contributed by atoms with E-state index in [1.54, 1.807) is 17.0 Å². The SMILES string of the molecule is Nc1nc(N2CCN(C(=O)C(Cl)Cl)CC2)nc2nc(-c3ccco3)nn12. The molecular weight excluding hydrogens is 383 g/mol. The normalized spacial score (nSPS) is 15.2. The molecule has 0 bridgehead atoms. The Morgan fingerprint density at radius 2 is 1.96 bits per heavy atom. The van der Waals surface area contributed by atoms with E-state index >= 15 is 0 Å². The minimum Gasteiger partial charge on any atom is -0.461 e. The van der Waals surface area contributed by atoms with Crippen molar-refractivity contribution >= 4 is 46.8 Å². The highest BCUT2D eigenvalue weighted by molar-refractivity contribution is 6.53. The van der Waals surface area contributed by atoms with Crippen molar-refractivity contribution in [2.24, 2.45) is 0 Å². The minimum absolute atomic E-state index is 0.162. The summed E-state index contributed by atoms with van der Waals surface area (Å²) in [6, 6.07) is 3.49. The number of carbonyl (C=O) groups is 1. The molecule has 0 aliphatic carbocycles. The summed E-state index contributed by atoms with van der Waals surface area (Å²) >= 11 is 11.3. The van der Waals surface area contributed by atoms with Gasteiger partial charge < -0.3 is 20.0 Å². The van der Waals surface area contributed by atoms with Gasteiger partial charge >= 0.3 is 0 Å². The van der Waals surface area contributed by atoms with E-state index in [1.807, 2.05) is 4.90 Å². The zero-order valence-electron chi connectivity index (χ0n) is 13.4. The zero-order valence-corrected chi connectivity index (χ0v) is 14.9. The number of piperazine rings is 1. The van der Waals surface area contributed by atoms with Crippen LogP contribution in [0.3, 0.4) is 0 Å². The van der Waals surface area contributed by atoms with E-state index in [0.29, 0.717) is 49.5 Å². The second-order valence-corrected chi connectivity index (χ2v) is 6.72. The molecule has 1 aliphatic rings. The molecule has 1 fully saturated rings. The third-order valence-electron chi connectivity index (χ3n) is 4.02. The van der Waals surface area contributed by atoms with Crippen molar-refractivity contribution in [3.8, 4) is 11.6 Å². The van der Waals surface area contributed by atoms with Crippen LogP contribution in [-0.2, 0) is 4.79 Å². The number of anilines is 2. The second kappa shape index (κ2) is 6.61. The van der Waals surface area contributed by atoms with Crippen molar-refractivity contribution < 1.29 is 9.21 Å². The molecule has 3 aromatic rings. The zero-order chi connectivity index (χ0) is 18.3. The highest BCUT2D eigenvalue weighted by atomic mass is 35.5. The van der Waals surface area contributed by atoms with E-state index in [0.717, 1.165) is 0 Å². The van der Waals surface area contributed by atoms with Gasteiger partial charge in [0.2, 0.25) is 17.7 Å². The molecule has 1 aliphatic heterocycles. The number of nitrogens with zero attached hydrogens (tertiary/aromatic N) is 7.